The molecule has 0 bridgehead atoms. The smallest absolute Gasteiger partial charge is 0.220 e. The fourth-order valence-corrected chi connectivity index (χ4v) is 11.8. The van der Waals surface area contributed by atoms with E-state index in [4.69, 9.17) is 28.4 Å². The zero-order valence-electron chi connectivity index (χ0n) is 52.2. The Morgan fingerprint density at radius 1 is 0.417 bits per heavy atom. The molecular weight excluding hydrogens is 1080 g/mol. The Balaban J connectivity index is 1.33. The molecule has 3 aliphatic heterocycles. The molecule has 0 spiro atoms. The summed E-state index contributed by atoms with van der Waals surface area (Å²) in [4.78, 5) is 13.2. The first-order chi connectivity index (χ1) is 40.8. The average molecular weight is 1210 g/mol. The van der Waals surface area contributed by atoms with Gasteiger partial charge in [-0.1, -0.05) is 251 Å². The van der Waals surface area contributed by atoms with E-state index in [2.05, 4.69) is 19.2 Å². The third-order valence-electron chi connectivity index (χ3n) is 17.3. The Bertz CT molecular complexity index is 1580. The first-order valence-electron chi connectivity index (χ1n) is 33.9. The zero-order valence-corrected chi connectivity index (χ0v) is 52.2. The highest BCUT2D eigenvalue weighted by atomic mass is 16.8. The number of aliphatic hydroxyl groups is 11. The average Bonchev–Trinajstić information content (AvgIpc) is 3.57. The van der Waals surface area contributed by atoms with Crippen molar-refractivity contribution in [3.8, 4) is 0 Å². The van der Waals surface area contributed by atoms with Gasteiger partial charge in [0.15, 0.2) is 18.9 Å². The summed E-state index contributed by atoms with van der Waals surface area (Å²) in [5, 5.41) is 120. The molecule has 17 atom stereocenters. The summed E-state index contributed by atoms with van der Waals surface area (Å²) in [6.45, 7) is 1.69. The molecule has 0 radical (unpaired) electrons. The topological polar surface area (TPSA) is 307 Å². The highest BCUT2D eigenvalue weighted by Gasteiger charge is 2.53. The zero-order chi connectivity index (χ0) is 61.2. The summed E-state index contributed by atoms with van der Waals surface area (Å²) in [5.74, 6) is -0.280. The lowest BCUT2D eigenvalue weighted by Gasteiger charge is -2.48. The van der Waals surface area contributed by atoms with Crippen LogP contribution < -0.4 is 5.32 Å². The molecule has 496 valence electrons. The number of amides is 1. The van der Waals surface area contributed by atoms with Crippen LogP contribution in [0.1, 0.15) is 264 Å². The molecule has 0 aromatic rings. The van der Waals surface area contributed by atoms with E-state index in [9.17, 15) is 61.0 Å². The van der Waals surface area contributed by atoms with Crippen molar-refractivity contribution in [3.05, 3.63) is 12.2 Å². The van der Waals surface area contributed by atoms with Crippen molar-refractivity contribution in [1.29, 1.82) is 0 Å². The second-order valence-corrected chi connectivity index (χ2v) is 24.7. The monoisotopic (exact) mass is 1210 g/mol. The molecule has 0 aliphatic carbocycles. The lowest BCUT2D eigenvalue weighted by atomic mass is 9.96. The molecule has 3 aliphatic rings. The number of allylic oxidation sites excluding steroid dienone is 1. The first-order valence-corrected chi connectivity index (χ1v) is 33.9. The molecule has 84 heavy (non-hydrogen) atoms. The van der Waals surface area contributed by atoms with Crippen molar-refractivity contribution in [3.63, 3.8) is 0 Å². The SMILES string of the molecule is CCCCCCCCCCCCCCCCCCCCCCCCCCCCCCCC/C=C/C(O)C(COC1OC(CO)C(OC2OC(CO)C(OC3OC(CO)C(O)C(O)C3O)C(O)C2O)C(O)C1O)NC(=O)CCCCCCCCC. The van der Waals surface area contributed by atoms with Crippen LogP contribution in [0, 0.1) is 0 Å². The van der Waals surface area contributed by atoms with Crippen LogP contribution in [0.5, 0.6) is 0 Å². The van der Waals surface area contributed by atoms with Gasteiger partial charge in [0.25, 0.3) is 0 Å². The summed E-state index contributed by atoms with van der Waals surface area (Å²) in [6.07, 6.45) is 25.5. The summed E-state index contributed by atoms with van der Waals surface area (Å²) < 4.78 is 34.2. The Kier molecular flexibility index (Phi) is 44.2. The quantitative estimate of drug-likeness (QED) is 0.0202. The van der Waals surface area contributed by atoms with Gasteiger partial charge in [-0.15, -0.1) is 0 Å². The van der Waals surface area contributed by atoms with Gasteiger partial charge < -0.3 is 89.9 Å². The molecule has 19 nitrogen and oxygen atoms in total. The predicted molar refractivity (Wildman–Crippen MR) is 323 cm³/mol. The van der Waals surface area contributed by atoms with Gasteiger partial charge in [-0.2, -0.15) is 0 Å². The van der Waals surface area contributed by atoms with Crippen LogP contribution in [0.15, 0.2) is 12.2 Å². The Morgan fingerprint density at radius 3 is 1.12 bits per heavy atom. The molecule has 12 N–H and O–H groups in total. The number of hydrogen-bond acceptors (Lipinski definition) is 18. The summed E-state index contributed by atoms with van der Waals surface area (Å²) in [6, 6.07) is -0.966. The van der Waals surface area contributed by atoms with E-state index >= 15 is 0 Å². The van der Waals surface area contributed by atoms with Crippen LogP contribution >= 0.6 is 0 Å². The number of unbranched alkanes of at least 4 members (excludes halogenated alkanes) is 36. The molecular formula is C65H123NO18. The van der Waals surface area contributed by atoms with Gasteiger partial charge >= 0.3 is 0 Å². The first kappa shape index (κ1) is 76.8. The number of ether oxygens (including phenoxy) is 6. The van der Waals surface area contributed by atoms with E-state index < -0.39 is 124 Å². The highest BCUT2D eigenvalue weighted by Crippen LogP contribution is 2.33. The summed E-state index contributed by atoms with van der Waals surface area (Å²) >= 11 is 0. The Labute approximate surface area is 506 Å². The van der Waals surface area contributed by atoms with Crippen LogP contribution in [-0.4, -0.2) is 193 Å². The van der Waals surface area contributed by atoms with Crippen molar-refractivity contribution in [2.75, 3.05) is 26.4 Å². The van der Waals surface area contributed by atoms with Crippen LogP contribution in [0.2, 0.25) is 0 Å². The fraction of sp³-hybridized carbons (Fsp3) is 0.954. The summed E-state index contributed by atoms with van der Waals surface area (Å²) in [7, 11) is 0. The van der Waals surface area contributed by atoms with Crippen LogP contribution in [0.25, 0.3) is 0 Å². The number of carbonyl (C=O) groups excluding carboxylic acids is 1. The molecule has 17 unspecified atom stereocenters. The van der Waals surface area contributed by atoms with E-state index in [-0.39, 0.29) is 18.9 Å². The minimum Gasteiger partial charge on any atom is -0.394 e. The molecule has 19 heteroatoms. The molecule has 0 aromatic carbocycles. The Morgan fingerprint density at radius 2 is 0.738 bits per heavy atom. The van der Waals surface area contributed by atoms with Crippen molar-refractivity contribution in [2.24, 2.45) is 0 Å². The van der Waals surface area contributed by atoms with Crippen molar-refractivity contribution in [2.45, 2.75) is 369 Å². The van der Waals surface area contributed by atoms with Gasteiger partial charge in [-0.25, -0.2) is 0 Å². The number of aliphatic hydroxyl groups excluding tert-OH is 11. The van der Waals surface area contributed by atoms with E-state index in [1.165, 1.54) is 180 Å². The fourth-order valence-electron chi connectivity index (χ4n) is 11.8. The standard InChI is InChI=1S/C65H123NO18/c1-3-5-7-9-11-12-13-14-15-16-17-18-19-20-21-22-23-24-25-26-27-28-29-30-31-32-33-34-35-37-38-40-42-49(70)48(66-53(71)43-41-39-36-10-8-6-4-2)47-79-63-59(77)56(74)61(51(45-68)81-63)84-65-60(78)57(75)62(52(46-69)82-65)83-64-58(76)55(73)54(72)50(44-67)80-64/h40,42,48-52,54-65,67-70,72-78H,3-39,41,43-47H2,1-2H3,(H,66,71)/b42-40+. The van der Waals surface area contributed by atoms with Gasteiger partial charge in [-0.3, -0.25) is 4.79 Å². The van der Waals surface area contributed by atoms with E-state index in [0.717, 1.165) is 57.8 Å². The summed E-state index contributed by atoms with van der Waals surface area (Å²) in [5.41, 5.74) is 0. The van der Waals surface area contributed by atoms with E-state index in [1.54, 1.807) is 6.08 Å². The predicted octanol–water partition coefficient (Wildman–Crippen LogP) is 8.11. The van der Waals surface area contributed by atoms with Crippen molar-refractivity contribution >= 4 is 5.91 Å². The third-order valence-corrected chi connectivity index (χ3v) is 17.3. The van der Waals surface area contributed by atoms with Gasteiger partial charge in [0.2, 0.25) is 5.91 Å². The normalized spacial score (nSPS) is 29.2. The number of hydrogen-bond donors (Lipinski definition) is 12. The second-order valence-electron chi connectivity index (χ2n) is 24.7. The highest BCUT2D eigenvalue weighted by molar-refractivity contribution is 5.76. The van der Waals surface area contributed by atoms with E-state index in [1.807, 2.05) is 6.08 Å². The van der Waals surface area contributed by atoms with Crippen molar-refractivity contribution in [1.82, 2.24) is 5.32 Å². The van der Waals surface area contributed by atoms with E-state index in [0.29, 0.717) is 6.42 Å². The molecule has 3 saturated heterocycles. The number of nitrogens with one attached hydrogen (secondary N) is 1. The van der Waals surface area contributed by atoms with Crippen LogP contribution in [0.4, 0.5) is 0 Å². The van der Waals surface area contributed by atoms with Gasteiger partial charge in [0.1, 0.15) is 73.2 Å². The minimum atomic E-state index is -1.97. The second kappa shape index (κ2) is 48.4. The maximum Gasteiger partial charge on any atom is 0.220 e. The number of carbonyl (C=O) groups is 1. The number of rotatable bonds is 52. The Hall–Kier alpha value is -1.47. The lowest BCUT2D eigenvalue weighted by Crippen LogP contribution is -2.66. The largest absolute Gasteiger partial charge is 0.394 e. The molecule has 3 fully saturated rings. The molecule has 3 rings (SSSR count). The third kappa shape index (κ3) is 30.8. The molecule has 3 heterocycles. The molecule has 0 aromatic heterocycles. The van der Waals surface area contributed by atoms with Gasteiger partial charge in [0, 0.05) is 6.42 Å². The van der Waals surface area contributed by atoms with Gasteiger partial charge in [-0.05, 0) is 19.3 Å². The van der Waals surface area contributed by atoms with Crippen LogP contribution in [-0.2, 0) is 33.2 Å². The minimum absolute atomic E-state index is 0.245. The molecule has 1 amide bonds. The lowest BCUT2D eigenvalue weighted by molar-refractivity contribution is -0.379. The molecule has 0 saturated carbocycles. The van der Waals surface area contributed by atoms with Crippen LogP contribution in [0.3, 0.4) is 0 Å². The van der Waals surface area contributed by atoms with Gasteiger partial charge in [0.05, 0.1) is 38.6 Å². The maximum atomic E-state index is 13.2. The van der Waals surface area contributed by atoms with Crippen molar-refractivity contribution < 1.29 is 89.4 Å². The maximum absolute atomic E-state index is 13.2.